The molecule has 0 saturated heterocycles. The molecule has 0 unspecified atom stereocenters. The average Bonchev–Trinajstić information content (AvgIpc) is 2.82. The largest absolute Gasteiger partial charge is 0.269 e. The number of carbonyl (C=O) groups excluding carboxylic acids is 2. The summed E-state index contributed by atoms with van der Waals surface area (Å²) in [4.78, 5) is 25.6. The summed E-state index contributed by atoms with van der Waals surface area (Å²) in [5.74, 6) is -0.299. The zero-order valence-electron chi connectivity index (χ0n) is 17.0. The van der Waals surface area contributed by atoms with Crippen LogP contribution in [-0.4, -0.2) is 27.3 Å². The molecule has 0 spiro atoms. The molecule has 32 heavy (non-hydrogen) atoms. The molecular weight excluding hydrogens is 470 g/mol. The van der Waals surface area contributed by atoms with Crippen molar-refractivity contribution in [1.82, 2.24) is 15.6 Å². The fourth-order valence-electron chi connectivity index (χ4n) is 2.61. The van der Waals surface area contributed by atoms with Crippen molar-refractivity contribution in [2.75, 3.05) is 7.05 Å². The van der Waals surface area contributed by atoms with Crippen molar-refractivity contribution in [3.8, 4) is 0 Å². The first-order valence-corrected chi connectivity index (χ1v) is 12.2. The second kappa shape index (κ2) is 10.6. The molecule has 0 aromatic heterocycles. The van der Waals surface area contributed by atoms with E-state index in [1.54, 1.807) is 23.9 Å². The van der Waals surface area contributed by atoms with Gasteiger partial charge in [-0.05, 0) is 73.3 Å². The van der Waals surface area contributed by atoms with Gasteiger partial charge in [0.1, 0.15) is 0 Å². The van der Waals surface area contributed by atoms with Crippen molar-refractivity contribution in [2.45, 2.75) is 15.5 Å². The molecule has 0 bridgehead atoms. The Balaban J connectivity index is 1.52. The van der Waals surface area contributed by atoms with Gasteiger partial charge in [-0.3, -0.25) is 20.4 Å². The van der Waals surface area contributed by atoms with Crippen LogP contribution in [0.1, 0.15) is 26.3 Å². The Labute approximate surface area is 195 Å². The van der Waals surface area contributed by atoms with Gasteiger partial charge >= 0.3 is 0 Å². The normalized spacial score (nSPS) is 11.1. The van der Waals surface area contributed by atoms with Crippen LogP contribution in [0.15, 0.2) is 82.6 Å². The molecule has 0 aliphatic carbocycles. The number of carbonyl (C=O) groups is 2. The van der Waals surface area contributed by atoms with Gasteiger partial charge in [-0.1, -0.05) is 23.7 Å². The lowest BCUT2D eigenvalue weighted by atomic mass is 10.1. The Morgan fingerprint density at radius 3 is 1.81 bits per heavy atom. The minimum absolute atomic E-state index is 0.0369. The van der Waals surface area contributed by atoms with E-state index in [9.17, 15) is 18.0 Å². The van der Waals surface area contributed by atoms with Crippen LogP contribution in [0, 0.1) is 0 Å². The zero-order valence-corrected chi connectivity index (χ0v) is 19.4. The molecule has 0 aliphatic rings. The van der Waals surface area contributed by atoms with Gasteiger partial charge in [-0.25, -0.2) is 13.1 Å². The van der Waals surface area contributed by atoms with Gasteiger partial charge in [0.15, 0.2) is 0 Å². The minimum atomic E-state index is -3.59. The van der Waals surface area contributed by atoms with Gasteiger partial charge in [0.05, 0.1) is 4.90 Å². The molecule has 0 fully saturated rings. The number of hydrazine groups is 1. The Kier molecular flexibility index (Phi) is 7.92. The molecule has 0 atom stereocenters. The van der Waals surface area contributed by atoms with E-state index in [4.69, 9.17) is 11.6 Å². The predicted octanol–water partition coefficient (Wildman–Crippen LogP) is 3.62. The van der Waals surface area contributed by atoms with Gasteiger partial charge in [0, 0.05) is 26.8 Å². The molecule has 3 aromatic carbocycles. The first-order chi connectivity index (χ1) is 15.3. The number of hydrogen-bond acceptors (Lipinski definition) is 5. The smallest absolute Gasteiger partial charge is 0.267 e. The Bertz CT molecular complexity index is 1200. The van der Waals surface area contributed by atoms with Crippen molar-refractivity contribution in [3.05, 3.63) is 94.5 Å². The molecule has 7 nitrogen and oxygen atoms in total. The van der Waals surface area contributed by atoms with Crippen LogP contribution >= 0.6 is 23.4 Å². The topological polar surface area (TPSA) is 104 Å². The number of sulfonamides is 1. The van der Waals surface area contributed by atoms with Crippen LogP contribution < -0.4 is 15.6 Å². The third-order valence-electron chi connectivity index (χ3n) is 4.42. The quantitative estimate of drug-likeness (QED) is 0.347. The highest BCUT2D eigenvalue weighted by atomic mass is 35.5. The van der Waals surface area contributed by atoms with Crippen LogP contribution in [0.25, 0.3) is 0 Å². The number of halogens is 1. The first-order valence-electron chi connectivity index (χ1n) is 9.40. The summed E-state index contributed by atoms with van der Waals surface area (Å²) in [6.07, 6.45) is 0. The summed E-state index contributed by atoms with van der Waals surface area (Å²) in [5, 5.41) is 0.690. The van der Waals surface area contributed by atoms with Crippen LogP contribution in [0.5, 0.6) is 0 Å². The molecule has 3 aromatic rings. The SMILES string of the molecule is CNS(=O)(=O)c1ccc(C(=O)NNC(=O)c2ccc(CSc3ccc(Cl)cc3)cc2)cc1. The fourth-order valence-corrected chi connectivity index (χ4v) is 4.32. The number of rotatable bonds is 7. The second-order valence-corrected chi connectivity index (χ2v) is 9.95. The second-order valence-electron chi connectivity index (χ2n) is 6.58. The highest BCUT2D eigenvalue weighted by molar-refractivity contribution is 7.98. The highest BCUT2D eigenvalue weighted by Crippen LogP contribution is 2.24. The molecule has 0 radical (unpaired) electrons. The van der Waals surface area contributed by atoms with E-state index in [-0.39, 0.29) is 10.5 Å². The zero-order chi connectivity index (χ0) is 23.1. The molecule has 3 rings (SSSR count). The molecule has 0 saturated carbocycles. The van der Waals surface area contributed by atoms with Crippen molar-refractivity contribution in [2.24, 2.45) is 0 Å². The van der Waals surface area contributed by atoms with Crippen LogP contribution in [0.3, 0.4) is 0 Å². The molecule has 0 heterocycles. The van der Waals surface area contributed by atoms with Crippen molar-refractivity contribution >= 4 is 45.2 Å². The van der Waals surface area contributed by atoms with Crippen molar-refractivity contribution in [3.63, 3.8) is 0 Å². The summed E-state index contributed by atoms with van der Waals surface area (Å²) < 4.78 is 25.7. The van der Waals surface area contributed by atoms with E-state index in [2.05, 4.69) is 15.6 Å². The van der Waals surface area contributed by atoms with Gasteiger partial charge in [-0.15, -0.1) is 11.8 Å². The van der Waals surface area contributed by atoms with E-state index in [1.165, 1.54) is 31.3 Å². The first kappa shape index (κ1) is 23.8. The number of amides is 2. The van der Waals surface area contributed by atoms with E-state index in [1.807, 2.05) is 36.4 Å². The fraction of sp³-hybridized carbons (Fsp3) is 0.0909. The van der Waals surface area contributed by atoms with Gasteiger partial charge in [0.2, 0.25) is 10.0 Å². The van der Waals surface area contributed by atoms with E-state index < -0.39 is 21.8 Å². The summed E-state index contributed by atoms with van der Waals surface area (Å²) in [6.45, 7) is 0. The summed E-state index contributed by atoms with van der Waals surface area (Å²) >= 11 is 7.54. The van der Waals surface area contributed by atoms with E-state index in [0.29, 0.717) is 10.6 Å². The number of benzene rings is 3. The lowest BCUT2D eigenvalue weighted by Gasteiger charge is -2.09. The lowest BCUT2D eigenvalue weighted by molar-refractivity contribution is 0.0846. The summed E-state index contributed by atoms with van der Waals surface area (Å²) in [5.41, 5.74) is 6.30. The number of hydrogen-bond donors (Lipinski definition) is 3. The molecule has 166 valence electrons. The Morgan fingerprint density at radius 1 is 0.812 bits per heavy atom. The average molecular weight is 490 g/mol. The summed E-state index contributed by atoms with van der Waals surface area (Å²) in [6, 6.07) is 20.0. The van der Waals surface area contributed by atoms with Crippen LogP contribution in [0.2, 0.25) is 5.02 Å². The minimum Gasteiger partial charge on any atom is -0.267 e. The maximum atomic E-state index is 12.3. The number of nitrogens with one attached hydrogen (secondary N) is 3. The standard InChI is InChI=1S/C22H20ClN3O4S2/c1-24-32(29,30)20-12-6-17(7-13-20)22(28)26-25-21(27)16-4-2-15(3-5-16)14-31-19-10-8-18(23)9-11-19/h2-13,24H,14H2,1H3,(H,25,27)(H,26,28). The third-order valence-corrected chi connectivity index (χ3v) is 7.19. The van der Waals surface area contributed by atoms with Crippen LogP contribution in [-0.2, 0) is 15.8 Å². The molecule has 10 heteroatoms. The van der Waals surface area contributed by atoms with Crippen molar-refractivity contribution < 1.29 is 18.0 Å². The van der Waals surface area contributed by atoms with Gasteiger partial charge < -0.3 is 0 Å². The third kappa shape index (κ3) is 6.33. The molecular formula is C22H20ClN3O4S2. The van der Waals surface area contributed by atoms with E-state index in [0.717, 1.165) is 16.2 Å². The Morgan fingerprint density at radius 2 is 1.31 bits per heavy atom. The van der Waals surface area contributed by atoms with Crippen LogP contribution in [0.4, 0.5) is 0 Å². The lowest BCUT2D eigenvalue weighted by Crippen LogP contribution is -2.41. The van der Waals surface area contributed by atoms with E-state index >= 15 is 0 Å². The van der Waals surface area contributed by atoms with Crippen molar-refractivity contribution in [1.29, 1.82) is 0 Å². The molecule has 2 amide bonds. The summed E-state index contributed by atoms with van der Waals surface area (Å²) in [7, 11) is -2.28. The maximum absolute atomic E-state index is 12.3. The number of thioether (sulfide) groups is 1. The molecule has 0 aliphatic heterocycles. The molecule has 3 N–H and O–H groups in total. The van der Waals surface area contributed by atoms with Gasteiger partial charge in [-0.2, -0.15) is 0 Å². The maximum Gasteiger partial charge on any atom is 0.269 e. The highest BCUT2D eigenvalue weighted by Gasteiger charge is 2.13. The van der Waals surface area contributed by atoms with Gasteiger partial charge in [0.25, 0.3) is 11.8 Å². The predicted molar refractivity (Wildman–Crippen MR) is 125 cm³/mol. The Hall–Kier alpha value is -2.85. The monoisotopic (exact) mass is 489 g/mol.